The Hall–Kier alpha value is -0.670. The number of aromatic nitrogens is 1. The number of nitrogens with zero attached hydrogens (tertiary/aromatic N) is 1. The lowest BCUT2D eigenvalue weighted by Crippen LogP contribution is -1.92. The molecule has 17 heavy (non-hydrogen) atoms. The third-order valence-corrected chi connectivity index (χ3v) is 4.53. The minimum Gasteiger partial charge on any atom is -0.247 e. The van der Waals surface area contributed by atoms with Crippen molar-refractivity contribution >= 4 is 27.3 Å². The van der Waals surface area contributed by atoms with Crippen LogP contribution in [0, 0.1) is 6.92 Å². The maximum Gasteiger partial charge on any atom is 0.0897 e. The molecule has 1 atom stereocenters. The summed E-state index contributed by atoms with van der Waals surface area (Å²) in [4.78, 5) is 4.94. The van der Waals surface area contributed by atoms with Gasteiger partial charge in [-0.2, -0.15) is 0 Å². The molecule has 1 heterocycles. The summed E-state index contributed by atoms with van der Waals surface area (Å²) in [7, 11) is 0. The third kappa shape index (κ3) is 3.93. The van der Waals surface area contributed by atoms with E-state index in [9.17, 15) is 0 Å². The lowest BCUT2D eigenvalue weighted by atomic mass is 10.1. The molecule has 0 bridgehead atoms. The van der Waals surface area contributed by atoms with Gasteiger partial charge in [-0.05, 0) is 31.7 Å². The van der Waals surface area contributed by atoms with E-state index in [0.717, 1.165) is 12.8 Å². The number of halogens is 1. The number of hydrogen-bond donors (Lipinski definition) is 0. The van der Waals surface area contributed by atoms with Gasteiger partial charge in [-0.3, -0.25) is 0 Å². The quantitative estimate of drug-likeness (QED) is 0.715. The van der Waals surface area contributed by atoms with Gasteiger partial charge < -0.3 is 0 Å². The highest BCUT2D eigenvalue weighted by Gasteiger charge is 2.07. The van der Waals surface area contributed by atoms with Crippen molar-refractivity contribution in [3.8, 4) is 0 Å². The minimum absolute atomic E-state index is 0.462. The molecule has 0 spiro atoms. The van der Waals surface area contributed by atoms with Gasteiger partial charge in [0.15, 0.2) is 0 Å². The van der Waals surface area contributed by atoms with E-state index in [1.165, 1.54) is 22.7 Å². The van der Waals surface area contributed by atoms with Gasteiger partial charge in [0.1, 0.15) is 0 Å². The van der Waals surface area contributed by atoms with Crippen molar-refractivity contribution in [1.29, 1.82) is 0 Å². The van der Waals surface area contributed by atoms with E-state index < -0.39 is 0 Å². The molecule has 0 amide bonds. The summed E-state index contributed by atoms with van der Waals surface area (Å²) in [5.74, 6) is 0. The Morgan fingerprint density at radius 2 is 2.06 bits per heavy atom. The smallest absolute Gasteiger partial charge is 0.0897 e. The maximum absolute atomic E-state index is 4.48. The van der Waals surface area contributed by atoms with E-state index in [2.05, 4.69) is 63.5 Å². The lowest BCUT2D eigenvalue weighted by Gasteiger charge is -2.09. The van der Waals surface area contributed by atoms with Crippen LogP contribution in [0.2, 0.25) is 0 Å². The van der Waals surface area contributed by atoms with Gasteiger partial charge >= 0.3 is 0 Å². The van der Waals surface area contributed by atoms with Crippen LogP contribution in [0.5, 0.6) is 0 Å². The fourth-order valence-electron chi connectivity index (χ4n) is 1.81. The first-order valence-corrected chi connectivity index (χ1v) is 7.65. The zero-order valence-corrected chi connectivity index (χ0v) is 12.3. The van der Waals surface area contributed by atoms with Crippen molar-refractivity contribution < 1.29 is 0 Å². The highest BCUT2D eigenvalue weighted by atomic mass is 79.9. The summed E-state index contributed by atoms with van der Waals surface area (Å²) >= 11 is 5.48. The summed E-state index contributed by atoms with van der Waals surface area (Å²) in [5, 5.41) is 3.33. The van der Waals surface area contributed by atoms with E-state index in [-0.39, 0.29) is 0 Å². The van der Waals surface area contributed by atoms with E-state index in [1.54, 1.807) is 11.3 Å². The maximum atomic E-state index is 4.48. The zero-order chi connectivity index (χ0) is 12.1. The monoisotopic (exact) mass is 309 g/mol. The van der Waals surface area contributed by atoms with Crippen LogP contribution in [-0.2, 0) is 6.42 Å². The number of alkyl halides is 1. The molecule has 0 saturated heterocycles. The molecule has 0 radical (unpaired) electrons. The van der Waals surface area contributed by atoms with Gasteiger partial charge in [0.05, 0.1) is 10.7 Å². The molecule has 1 nitrogen and oxygen atoms in total. The van der Waals surface area contributed by atoms with Crippen LogP contribution in [0.1, 0.15) is 33.9 Å². The Bertz CT molecular complexity index is 452. The summed E-state index contributed by atoms with van der Waals surface area (Å²) in [6, 6.07) is 10.6. The molecular weight excluding hydrogens is 294 g/mol. The van der Waals surface area contributed by atoms with Crippen LogP contribution in [0.25, 0.3) is 0 Å². The predicted molar refractivity (Wildman–Crippen MR) is 77.9 cm³/mol. The minimum atomic E-state index is 0.462. The Labute approximate surface area is 115 Å². The number of thiazole rings is 1. The summed E-state index contributed by atoms with van der Waals surface area (Å²) in [6.07, 6.45) is 3.41. The highest BCUT2D eigenvalue weighted by Crippen LogP contribution is 2.28. The summed E-state index contributed by atoms with van der Waals surface area (Å²) in [6.45, 7) is 2.06. The normalized spacial score (nSPS) is 12.6. The second-order valence-corrected chi connectivity index (χ2v) is 6.30. The Balaban J connectivity index is 1.79. The van der Waals surface area contributed by atoms with Crippen molar-refractivity contribution in [2.45, 2.75) is 31.0 Å². The van der Waals surface area contributed by atoms with Crippen LogP contribution >= 0.6 is 27.3 Å². The molecule has 1 aromatic carbocycles. The van der Waals surface area contributed by atoms with Crippen LogP contribution < -0.4 is 0 Å². The van der Waals surface area contributed by atoms with Crippen molar-refractivity contribution in [1.82, 2.24) is 4.98 Å². The second-order valence-electron chi connectivity index (χ2n) is 4.13. The fraction of sp³-hybridized carbons (Fsp3) is 0.357. The summed E-state index contributed by atoms with van der Waals surface area (Å²) in [5.41, 5.74) is 2.60. The zero-order valence-electron chi connectivity index (χ0n) is 9.90. The summed E-state index contributed by atoms with van der Waals surface area (Å²) < 4.78 is 0. The standard InChI is InChI=1S/C14H16BrNS/c1-11-16-13(10-17-11)8-5-9-14(15)12-6-3-2-4-7-12/h2-4,6-7,10,14H,5,8-9H2,1H3. The second kappa shape index (κ2) is 6.31. The SMILES string of the molecule is Cc1nc(CCCC(Br)c2ccccc2)cs1. The van der Waals surface area contributed by atoms with Gasteiger partial charge in [-0.15, -0.1) is 11.3 Å². The molecular formula is C14H16BrNS. The first-order chi connectivity index (χ1) is 8.25. The van der Waals surface area contributed by atoms with Gasteiger partial charge in [0, 0.05) is 10.2 Å². The average Bonchev–Trinajstić information content (AvgIpc) is 2.76. The van der Waals surface area contributed by atoms with Crippen molar-refractivity contribution in [2.24, 2.45) is 0 Å². The molecule has 0 aliphatic rings. The van der Waals surface area contributed by atoms with E-state index in [4.69, 9.17) is 0 Å². The third-order valence-electron chi connectivity index (χ3n) is 2.72. The van der Waals surface area contributed by atoms with Crippen molar-refractivity contribution in [2.75, 3.05) is 0 Å². The van der Waals surface area contributed by atoms with Gasteiger partial charge in [0.2, 0.25) is 0 Å². The topological polar surface area (TPSA) is 12.9 Å². The molecule has 1 unspecified atom stereocenters. The number of hydrogen-bond acceptors (Lipinski definition) is 2. The van der Waals surface area contributed by atoms with Crippen LogP contribution in [0.3, 0.4) is 0 Å². The number of aryl methyl sites for hydroxylation is 2. The first-order valence-electron chi connectivity index (χ1n) is 5.86. The number of rotatable bonds is 5. The van der Waals surface area contributed by atoms with E-state index in [1.807, 2.05) is 0 Å². The molecule has 3 heteroatoms. The van der Waals surface area contributed by atoms with Gasteiger partial charge in [-0.25, -0.2) is 4.98 Å². The predicted octanol–water partition coefficient (Wildman–Crippen LogP) is 4.91. The molecule has 2 rings (SSSR count). The fourth-order valence-corrected chi connectivity index (χ4v) is 3.09. The van der Waals surface area contributed by atoms with Gasteiger partial charge in [-0.1, -0.05) is 46.3 Å². The van der Waals surface area contributed by atoms with Crippen molar-refractivity contribution in [3.63, 3.8) is 0 Å². The molecule has 0 fully saturated rings. The largest absolute Gasteiger partial charge is 0.247 e. The van der Waals surface area contributed by atoms with Gasteiger partial charge in [0.25, 0.3) is 0 Å². The van der Waals surface area contributed by atoms with Crippen LogP contribution in [0.15, 0.2) is 35.7 Å². The lowest BCUT2D eigenvalue weighted by molar-refractivity contribution is 0.720. The Morgan fingerprint density at radius 3 is 2.71 bits per heavy atom. The molecule has 2 aromatic rings. The molecule has 0 aliphatic heterocycles. The van der Waals surface area contributed by atoms with E-state index in [0.29, 0.717) is 4.83 Å². The number of benzene rings is 1. The van der Waals surface area contributed by atoms with Crippen molar-refractivity contribution in [3.05, 3.63) is 52.0 Å². The Morgan fingerprint density at radius 1 is 1.29 bits per heavy atom. The molecule has 0 N–H and O–H groups in total. The van der Waals surface area contributed by atoms with E-state index >= 15 is 0 Å². The Kier molecular flexibility index (Phi) is 4.75. The molecule has 0 aliphatic carbocycles. The molecule has 1 aromatic heterocycles. The van der Waals surface area contributed by atoms with Crippen LogP contribution in [-0.4, -0.2) is 4.98 Å². The molecule has 90 valence electrons. The molecule has 0 saturated carbocycles. The average molecular weight is 310 g/mol. The van der Waals surface area contributed by atoms with Crippen LogP contribution in [0.4, 0.5) is 0 Å². The first kappa shape index (κ1) is 12.8. The highest BCUT2D eigenvalue weighted by molar-refractivity contribution is 9.09.